The fourth-order valence-corrected chi connectivity index (χ4v) is 3.85. The van der Waals surface area contributed by atoms with E-state index in [1.54, 1.807) is 0 Å². The van der Waals surface area contributed by atoms with E-state index in [2.05, 4.69) is 29.2 Å². The lowest BCUT2D eigenvalue weighted by Gasteiger charge is -2.38. The first kappa shape index (κ1) is 19.9. The zero-order chi connectivity index (χ0) is 18.4. The minimum atomic E-state index is 0.0865. The first-order chi connectivity index (χ1) is 12.0. The minimum absolute atomic E-state index is 0.0865. The molecular formula is C19H34N4O2. The molecule has 0 saturated carbocycles. The molecule has 6 heteroatoms. The summed E-state index contributed by atoms with van der Waals surface area (Å²) >= 11 is 0. The van der Waals surface area contributed by atoms with E-state index in [-0.39, 0.29) is 5.91 Å². The van der Waals surface area contributed by atoms with Crippen molar-refractivity contribution >= 4 is 5.91 Å². The Morgan fingerprint density at radius 1 is 1.24 bits per heavy atom. The van der Waals surface area contributed by atoms with E-state index in [0.717, 1.165) is 56.1 Å². The molecule has 0 aromatic carbocycles. The molecule has 1 saturated heterocycles. The molecule has 1 fully saturated rings. The van der Waals surface area contributed by atoms with Gasteiger partial charge in [0.25, 0.3) is 0 Å². The highest BCUT2D eigenvalue weighted by molar-refractivity contribution is 5.79. The summed E-state index contributed by atoms with van der Waals surface area (Å²) in [5, 5.41) is 7.58. The molecule has 25 heavy (non-hydrogen) atoms. The molecule has 1 aliphatic rings. The number of rotatable bonds is 8. The molecule has 142 valence electrons. The third kappa shape index (κ3) is 5.05. The fourth-order valence-electron chi connectivity index (χ4n) is 3.85. The highest BCUT2D eigenvalue weighted by Gasteiger charge is 2.27. The number of morpholine rings is 1. The van der Waals surface area contributed by atoms with Crippen molar-refractivity contribution in [2.24, 2.45) is 13.0 Å². The Hall–Kier alpha value is -1.40. The second-order valence-electron chi connectivity index (χ2n) is 7.05. The van der Waals surface area contributed by atoms with Gasteiger partial charge in [-0.3, -0.25) is 14.4 Å². The maximum Gasteiger partial charge on any atom is 0.224 e. The first-order valence-corrected chi connectivity index (χ1v) is 9.55. The molecular weight excluding hydrogens is 316 g/mol. The van der Waals surface area contributed by atoms with Crippen molar-refractivity contribution in [3.05, 3.63) is 17.0 Å². The van der Waals surface area contributed by atoms with E-state index in [1.165, 1.54) is 0 Å². The predicted molar refractivity (Wildman–Crippen MR) is 99.6 cm³/mol. The number of carbonyl (C=O) groups is 1. The smallest absolute Gasteiger partial charge is 0.224 e. The van der Waals surface area contributed by atoms with Gasteiger partial charge in [0.1, 0.15) is 0 Å². The van der Waals surface area contributed by atoms with Crippen molar-refractivity contribution in [3.8, 4) is 0 Å². The van der Waals surface area contributed by atoms with Gasteiger partial charge in [-0.05, 0) is 19.8 Å². The molecule has 1 aromatic heterocycles. The van der Waals surface area contributed by atoms with Crippen molar-refractivity contribution in [2.45, 2.75) is 53.0 Å². The Morgan fingerprint density at radius 3 is 2.40 bits per heavy atom. The standard InChI is InChI=1S/C19H34N4O2/c1-6-16(7-2)18(23-8-10-25-11-9-23)13-20-19(24)12-17-14(3)21-22(5)15(17)4/h16,18H,6-13H2,1-5H3,(H,20,24). The molecule has 2 rings (SSSR count). The van der Waals surface area contributed by atoms with Gasteiger partial charge in [-0.2, -0.15) is 5.10 Å². The van der Waals surface area contributed by atoms with Crippen LogP contribution in [0.3, 0.4) is 0 Å². The Labute approximate surface area is 151 Å². The summed E-state index contributed by atoms with van der Waals surface area (Å²) < 4.78 is 7.34. The summed E-state index contributed by atoms with van der Waals surface area (Å²) in [6.45, 7) is 12.7. The van der Waals surface area contributed by atoms with E-state index < -0.39 is 0 Å². The van der Waals surface area contributed by atoms with Gasteiger partial charge in [-0.1, -0.05) is 26.7 Å². The molecule has 2 heterocycles. The van der Waals surface area contributed by atoms with Crippen LogP contribution in [0.25, 0.3) is 0 Å². The summed E-state index contributed by atoms with van der Waals surface area (Å²) in [4.78, 5) is 15.0. The summed E-state index contributed by atoms with van der Waals surface area (Å²) in [6, 6.07) is 0.388. The van der Waals surface area contributed by atoms with Crippen LogP contribution in [0.1, 0.15) is 43.6 Å². The van der Waals surface area contributed by atoms with Crippen LogP contribution in [0, 0.1) is 19.8 Å². The average Bonchev–Trinajstić information content (AvgIpc) is 2.85. The van der Waals surface area contributed by atoms with Crippen LogP contribution < -0.4 is 5.32 Å². The second-order valence-corrected chi connectivity index (χ2v) is 7.05. The molecule has 1 amide bonds. The molecule has 1 aromatic rings. The van der Waals surface area contributed by atoms with Crippen molar-refractivity contribution in [1.29, 1.82) is 0 Å². The van der Waals surface area contributed by atoms with Gasteiger partial charge in [0, 0.05) is 44.0 Å². The molecule has 6 nitrogen and oxygen atoms in total. The summed E-state index contributed by atoms with van der Waals surface area (Å²) in [7, 11) is 1.92. The quantitative estimate of drug-likeness (QED) is 0.777. The number of ether oxygens (including phenoxy) is 1. The maximum atomic E-state index is 12.5. The van der Waals surface area contributed by atoms with E-state index >= 15 is 0 Å². The minimum Gasteiger partial charge on any atom is -0.379 e. The Kier molecular flexibility index (Phi) is 7.44. The Balaban J connectivity index is 1.97. The van der Waals surface area contributed by atoms with Crippen LogP contribution in [0.5, 0.6) is 0 Å². The van der Waals surface area contributed by atoms with Crippen molar-refractivity contribution in [2.75, 3.05) is 32.8 Å². The van der Waals surface area contributed by atoms with Crippen molar-refractivity contribution in [1.82, 2.24) is 20.0 Å². The number of carbonyl (C=O) groups excluding carboxylic acids is 1. The van der Waals surface area contributed by atoms with Crippen LogP contribution in [0.15, 0.2) is 0 Å². The number of amides is 1. The van der Waals surface area contributed by atoms with Gasteiger partial charge in [0.05, 0.1) is 25.3 Å². The van der Waals surface area contributed by atoms with E-state index in [4.69, 9.17) is 4.74 Å². The van der Waals surface area contributed by atoms with Gasteiger partial charge < -0.3 is 10.1 Å². The monoisotopic (exact) mass is 350 g/mol. The number of hydrogen-bond donors (Lipinski definition) is 1. The zero-order valence-electron chi connectivity index (χ0n) is 16.5. The molecule has 1 unspecified atom stereocenters. The number of aromatic nitrogens is 2. The van der Waals surface area contributed by atoms with Crippen molar-refractivity contribution in [3.63, 3.8) is 0 Å². The number of nitrogens with zero attached hydrogens (tertiary/aromatic N) is 3. The Morgan fingerprint density at radius 2 is 1.88 bits per heavy atom. The SMILES string of the molecule is CCC(CC)C(CNC(=O)Cc1c(C)nn(C)c1C)N1CCOCC1. The number of hydrogen-bond acceptors (Lipinski definition) is 4. The number of aryl methyl sites for hydroxylation is 2. The highest BCUT2D eigenvalue weighted by Crippen LogP contribution is 2.20. The van der Waals surface area contributed by atoms with E-state index in [1.807, 2.05) is 25.6 Å². The predicted octanol–water partition coefficient (Wildman–Crippen LogP) is 1.83. The second kappa shape index (κ2) is 9.34. The maximum absolute atomic E-state index is 12.5. The van der Waals surface area contributed by atoms with Crippen LogP contribution in [0.2, 0.25) is 0 Å². The molecule has 1 atom stereocenters. The molecule has 0 aliphatic carbocycles. The van der Waals surface area contributed by atoms with Gasteiger partial charge in [-0.15, -0.1) is 0 Å². The fraction of sp³-hybridized carbons (Fsp3) is 0.789. The normalized spacial score (nSPS) is 17.0. The van der Waals surface area contributed by atoms with Crippen molar-refractivity contribution < 1.29 is 9.53 Å². The zero-order valence-corrected chi connectivity index (χ0v) is 16.5. The lowest BCUT2D eigenvalue weighted by Crippen LogP contribution is -2.52. The molecule has 1 N–H and O–H groups in total. The average molecular weight is 351 g/mol. The van der Waals surface area contributed by atoms with E-state index in [0.29, 0.717) is 24.9 Å². The molecule has 0 radical (unpaired) electrons. The van der Waals surface area contributed by atoms with Crippen LogP contribution in [-0.4, -0.2) is 59.5 Å². The summed E-state index contributed by atoms with van der Waals surface area (Å²) in [6.07, 6.45) is 2.68. The summed E-state index contributed by atoms with van der Waals surface area (Å²) in [5.74, 6) is 0.684. The number of nitrogens with one attached hydrogen (secondary N) is 1. The van der Waals surface area contributed by atoms with Gasteiger partial charge in [0.15, 0.2) is 0 Å². The third-order valence-corrected chi connectivity index (χ3v) is 5.61. The van der Waals surface area contributed by atoms with Crippen LogP contribution in [0.4, 0.5) is 0 Å². The third-order valence-electron chi connectivity index (χ3n) is 5.61. The van der Waals surface area contributed by atoms with Crippen LogP contribution in [-0.2, 0) is 23.0 Å². The molecule has 0 spiro atoms. The lowest BCUT2D eigenvalue weighted by molar-refractivity contribution is -0.121. The highest BCUT2D eigenvalue weighted by atomic mass is 16.5. The molecule has 0 bridgehead atoms. The lowest BCUT2D eigenvalue weighted by atomic mass is 9.92. The molecule has 1 aliphatic heterocycles. The first-order valence-electron chi connectivity index (χ1n) is 9.55. The van der Waals surface area contributed by atoms with Crippen LogP contribution >= 0.6 is 0 Å². The van der Waals surface area contributed by atoms with E-state index in [9.17, 15) is 4.79 Å². The summed E-state index contributed by atoms with van der Waals surface area (Å²) in [5.41, 5.74) is 3.06. The van der Waals surface area contributed by atoms with Gasteiger partial charge in [-0.25, -0.2) is 0 Å². The Bertz CT molecular complexity index is 560. The van der Waals surface area contributed by atoms with Gasteiger partial charge >= 0.3 is 0 Å². The van der Waals surface area contributed by atoms with Gasteiger partial charge in [0.2, 0.25) is 5.91 Å². The topological polar surface area (TPSA) is 59.4 Å². The largest absolute Gasteiger partial charge is 0.379 e.